The molecule has 0 atom stereocenters. The van der Waals surface area contributed by atoms with Crippen LogP contribution in [-0.4, -0.2) is 6.54 Å². The standard InChI is InChI=1S/C16H13F3N2/c1-2-21(14-6-4-3-5-7-14)15-9-8-13(16(17,18)19)10-12(15)11-20/h3-10H,2H2,1H3. The number of rotatable bonds is 3. The first-order valence-corrected chi connectivity index (χ1v) is 6.41. The van der Waals surface area contributed by atoms with Crippen molar-refractivity contribution in [2.45, 2.75) is 13.1 Å². The molecule has 0 amide bonds. The summed E-state index contributed by atoms with van der Waals surface area (Å²) in [6.07, 6.45) is -4.45. The molecule has 5 heteroatoms. The molecule has 0 saturated carbocycles. The second-order valence-corrected chi connectivity index (χ2v) is 4.42. The lowest BCUT2D eigenvalue weighted by atomic mass is 10.1. The third-order valence-electron chi connectivity index (χ3n) is 3.12. The Morgan fingerprint density at radius 3 is 2.29 bits per heavy atom. The number of anilines is 2. The highest BCUT2D eigenvalue weighted by Gasteiger charge is 2.31. The molecule has 0 aromatic heterocycles. The third-order valence-corrected chi connectivity index (χ3v) is 3.12. The first-order valence-electron chi connectivity index (χ1n) is 6.41. The summed E-state index contributed by atoms with van der Waals surface area (Å²) in [5.41, 5.74) is 0.498. The Bertz CT molecular complexity index is 657. The highest BCUT2D eigenvalue weighted by molar-refractivity contribution is 5.69. The molecule has 2 rings (SSSR count). The van der Waals surface area contributed by atoms with Gasteiger partial charge in [-0.05, 0) is 37.3 Å². The summed E-state index contributed by atoms with van der Waals surface area (Å²) in [6.45, 7) is 2.43. The van der Waals surface area contributed by atoms with E-state index < -0.39 is 11.7 Å². The predicted molar refractivity (Wildman–Crippen MR) is 75.3 cm³/mol. The summed E-state index contributed by atoms with van der Waals surface area (Å²) in [5.74, 6) is 0. The van der Waals surface area contributed by atoms with Crippen LogP contribution >= 0.6 is 0 Å². The van der Waals surface area contributed by atoms with Crippen LogP contribution in [0.2, 0.25) is 0 Å². The molecule has 0 spiro atoms. The largest absolute Gasteiger partial charge is 0.416 e. The first kappa shape index (κ1) is 14.9. The number of nitriles is 1. The number of para-hydroxylation sites is 1. The van der Waals surface area contributed by atoms with E-state index in [4.69, 9.17) is 5.26 Å². The molecule has 0 unspecified atom stereocenters. The van der Waals surface area contributed by atoms with Gasteiger partial charge in [0.15, 0.2) is 0 Å². The smallest absolute Gasteiger partial charge is 0.341 e. The van der Waals surface area contributed by atoms with E-state index in [1.165, 1.54) is 6.07 Å². The van der Waals surface area contributed by atoms with Gasteiger partial charge in [0.25, 0.3) is 0 Å². The minimum atomic E-state index is -4.45. The number of hydrogen-bond acceptors (Lipinski definition) is 2. The van der Waals surface area contributed by atoms with Gasteiger partial charge in [0, 0.05) is 12.2 Å². The number of hydrogen-bond donors (Lipinski definition) is 0. The zero-order chi connectivity index (χ0) is 15.5. The molecule has 0 heterocycles. The maximum atomic E-state index is 12.7. The molecule has 0 saturated heterocycles. The third kappa shape index (κ3) is 3.16. The predicted octanol–water partition coefficient (Wildman–Crippen LogP) is 4.74. The summed E-state index contributed by atoms with van der Waals surface area (Å²) in [5, 5.41) is 9.16. The fourth-order valence-corrected chi connectivity index (χ4v) is 2.14. The van der Waals surface area contributed by atoms with E-state index >= 15 is 0 Å². The monoisotopic (exact) mass is 290 g/mol. The van der Waals surface area contributed by atoms with Crippen molar-refractivity contribution in [1.82, 2.24) is 0 Å². The van der Waals surface area contributed by atoms with Gasteiger partial charge in [-0.25, -0.2) is 0 Å². The van der Waals surface area contributed by atoms with Crippen LogP contribution < -0.4 is 4.90 Å². The van der Waals surface area contributed by atoms with E-state index in [0.29, 0.717) is 12.2 Å². The van der Waals surface area contributed by atoms with Crippen molar-refractivity contribution in [2.75, 3.05) is 11.4 Å². The van der Waals surface area contributed by atoms with Crippen LogP contribution in [-0.2, 0) is 6.18 Å². The summed E-state index contributed by atoms with van der Waals surface area (Å²) in [4.78, 5) is 1.80. The average Bonchev–Trinajstić information content (AvgIpc) is 2.48. The Hall–Kier alpha value is -2.48. The lowest BCUT2D eigenvalue weighted by molar-refractivity contribution is -0.137. The maximum absolute atomic E-state index is 12.7. The van der Waals surface area contributed by atoms with E-state index in [1.54, 1.807) is 4.90 Å². The molecule has 108 valence electrons. The molecule has 2 aromatic carbocycles. The Kier molecular flexibility index (Phi) is 4.18. The molecule has 0 fully saturated rings. The van der Waals surface area contributed by atoms with Crippen LogP contribution in [0.25, 0.3) is 0 Å². The van der Waals surface area contributed by atoms with E-state index in [-0.39, 0.29) is 5.56 Å². The second-order valence-electron chi connectivity index (χ2n) is 4.42. The van der Waals surface area contributed by atoms with Gasteiger partial charge in [0.05, 0.1) is 16.8 Å². The molecular formula is C16H13F3N2. The van der Waals surface area contributed by atoms with Gasteiger partial charge >= 0.3 is 6.18 Å². The molecule has 0 aliphatic rings. The fourth-order valence-electron chi connectivity index (χ4n) is 2.14. The Morgan fingerprint density at radius 1 is 1.10 bits per heavy atom. The van der Waals surface area contributed by atoms with Gasteiger partial charge in [-0.2, -0.15) is 18.4 Å². The Balaban J connectivity index is 2.51. The molecular weight excluding hydrogens is 277 g/mol. The van der Waals surface area contributed by atoms with Gasteiger partial charge in [0.2, 0.25) is 0 Å². The summed E-state index contributed by atoms with van der Waals surface area (Å²) >= 11 is 0. The Morgan fingerprint density at radius 2 is 1.76 bits per heavy atom. The van der Waals surface area contributed by atoms with E-state index in [9.17, 15) is 13.2 Å². The first-order chi connectivity index (χ1) is 9.97. The van der Waals surface area contributed by atoms with Crippen LogP contribution in [0.5, 0.6) is 0 Å². The van der Waals surface area contributed by atoms with Crippen LogP contribution in [0.1, 0.15) is 18.1 Å². The molecule has 2 aromatic rings. The minimum absolute atomic E-state index is 0.00975. The average molecular weight is 290 g/mol. The highest BCUT2D eigenvalue weighted by Crippen LogP contribution is 2.34. The van der Waals surface area contributed by atoms with Crippen LogP contribution in [0, 0.1) is 11.3 Å². The van der Waals surface area contributed by atoms with Crippen molar-refractivity contribution in [3.05, 3.63) is 59.7 Å². The molecule has 0 aliphatic heterocycles. The van der Waals surface area contributed by atoms with Gasteiger partial charge in [0.1, 0.15) is 6.07 Å². The van der Waals surface area contributed by atoms with Crippen molar-refractivity contribution >= 4 is 11.4 Å². The number of nitrogens with zero attached hydrogens (tertiary/aromatic N) is 2. The molecule has 2 nitrogen and oxygen atoms in total. The number of halogens is 3. The van der Waals surface area contributed by atoms with Crippen LogP contribution in [0.4, 0.5) is 24.5 Å². The Labute approximate surface area is 121 Å². The van der Waals surface area contributed by atoms with Crippen molar-refractivity contribution < 1.29 is 13.2 Å². The van der Waals surface area contributed by atoms with Gasteiger partial charge in [-0.15, -0.1) is 0 Å². The number of alkyl halides is 3. The maximum Gasteiger partial charge on any atom is 0.416 e. The van der Waals surface area contributed by atoms with Crippen molar-refractivity contribution in [2.24, 2.45) is 0 Å². The SMILES string of the molecule is CCN(c1ccccc1)c1ccc(C(F)(F)F)cc1C#N. The summed E-state index contributed by atoms with van der Waals surface area (Å²) < 4.78 is 38.2. The van der Waals surface area contributed by atoms with Crippen LogP contribution in [0.15, 0.2) is 48.5 Å². The van der Waals surface area contributed by atoms with Crippen molar-refractivity contribution in [1.29, 1.82) is 5.26 Å². The molecule has 0 N–H and O–H groups in total. The number of benzene rings is 2. The topological polar surface area (TPSA) is 27.0 Å². The normalized spacial score (nSPS) is 11.0. The highest BCUT2D eigenvalue weighted by atomic mass is 19.4. The van der Waals surface area contributed by atoms with E-state index in [2.05, 4.69) is 0 Å². The zero-order valence-electron chi connectivity index (χ0n) is 11.4. The second kappa shape index (κ2) is 5.88. The molecule has 21 heavy (non-hydrogen) atoms. The van der Waals surface area contributed by atoms with E-state index in [0.717, 1.165) is 17.8 Å². The minimum Gasteiger partial charge on any atom is -0.341 e. The summed E-state index contributed by atoms with van der Waals surface area (Å²) in [6, 6.07) is 14.3. The van der Waals surface area contributed by atoms with Crippen LogP contribution in [0.3, 0.4) is 0 Å². The van der Waals surface area contributed by atoms with Crippen molar-refractivity contribution in [3.8, 4) is 6.07 Å². The van der Waals surface area contributed by atoms with Gasteiger partial charge < -0.3 is 4.90 Å². The lowest BCUT2D eigenvalue weighted by Crippen LogP contribution is -2.17. The van der Waals surface area contributed by atoms with Crippen molar-refractivity contribution in [3.63, 3.8) is 0 Å². The quantitative estimate of drug-likeness (QED) is 0.816. The lowest BCUT2D eigenvalue weighted by Gasteiger charge is -2.24. The van der Waals surface area contributed by atoms with Gasteiger partial charge in [-0.3, -0.25) is 0 Å². The zero-order valence-corrected chi connectivity index (χ0v) is 11.4. The fraction of sp³-hybridized carbons (Fsp3) is 0.188. The summed E-state index contributed by atoms with van der Waals surface area (Å²) in [7, 11) is 0. The molecule has 0 aliphatic carbocycles. The van der Waals surface area contributed by atoms with E-state index in [1.807, 2.05) is 43.3 Å². The van der Waals surface area contributed by atoms with Gasteiger partial charge in [-0.1, -0.05) is 18.2 Å². The molecule has 0 bridgehead atoms. The molecule has 0 radical (unpaired) electrons.